The maximum atomic E-state index is 12.5. The normalized spacial score (nSPS) is 10.9. The molecule has 1 N–H and O–H groups in total. The Morgan fingerprint density at radius 3 is 2.34 bits per heavy atom. The maximum Gasteiger partial charge on any atom is 0.256 e. The molecule has 8 heteroatoms. The number of pyridine rings is 1. The number of imidazole rings is 2. The highest BCUT2D eigenvalue weighted by Crippen LogP contribution is 2.22. The molecule has 6 nitrogen and oxygen atoms in total. The third-order valence-electron chi connectivity index (χ3n) is 4.49. The number of nitrogens with one attached hydrogen (secondary N) is 1. The molecule has 152 valence electrons. The van der Waals surface area contributed by atoms with Gasteiger partial charge in [0.1, 0.15) is 5.65 Å². The number of anilines is 1. The number of amides is 1. The number of rotatable bonds is 3. The second-order valence-electron chi connectivity index (χ2n) is 7.53. The van der Waals surface area contributed by atoms with Crippen LogP contribution in [0.15, 0.2) is 67.5 Å². The van der Waals surface area contributed by atoms with Crippen molar-refractivity contribution in [2.24, 2.45) is 0 Å². The number of halogens is 2. The lowest BCUT2D eigenvalue weighted by Crippen LogP contribution is -2.14. The Hall–Kier alpha value is -2.83. The second-order valence-corrected chi connectivity index (χ2v) is 7.53. The Morgan fingerprint density at radius 2 is 1.72 bits per heavy atom. The number of benzene rings is 1. The lowest BCUT2D eigenvalue weighted by Gasteiger charge is -2.18. The van der Waals surface area contributed by atoms with Crippen molar-refractivity contribution in [3.8, 4) is 5.69 Å². The summed E-state index contributed by atoms with van der Waals surface area (Å²) in [5.41, 5.74) is 3.59. The van der Waals surface area contributed by atoms with Gasteiger partial charge >= 0.3 is 0 Å². The van der Waals surface area contributed by atoms with E-state index < -0.39 is 0 Å². The standard InChI is InChI=1S/C21H21N5O.2ClH/c1-21(2,3)16-6-4-15(5-7-16)20(27)24-18-13-26-12-17(8-9-19(26)23-18)25-11-10-22-14-25;;/h4-14H,1-3H3,(H,24,27);2*1H. The molecule has 3 heterocycles. The molecule has 0 aliphatic carbocycles. The van der Waals surface area contributed by atoms with Crippen LogP contribution < -0.4 is 5.32 Å². The van der Waals surface area contributed by atoms with E-state index in [9.17, 15) is 4.79 Å². The van der Waals surface area contributed by atoms with E-state index in [1.165, 1.54) is 5.56 Å². The molecule has 4 rings (SSSR count). The maximum absolute atomic E-state index is 12.5. The van der Waals surface area contributed by atoms with E-state index in [0.29, 0.717) is 11.4 Å². The molecule has 4 aromatic rings. The minimum atomic E-state index is -0.173. The van der Waals surface area contributed by atoms with Gasteiger partial charge in [-0.15, -0.1) is 24.8 Å². The van der Waals surface area contributed by atoms with E-state index >= 15 is 0 Å². The SMILES string of the molecule is CC(C)(C)c1ccc(C(=O)Nc2cn3cc(-n4ccnc4)ccc3n2)cc1.Cl.Cl. The van der Waals surface area contributed by atoms with Gasteiger partial charge in [0.05, 0.1) is 18.2 Å². The van der Waals surface area contributed by atoms with E-state index in [1.54, 1.807) is 18.7 Å². The van der Waals surface area contributed by atoms with E-state index in [1.807, 2.05) is 57.8 Å². The minimum Gasteiger partial charge on any atom is -0.305 e. The molecule has 0 aliphatic heterocycles. The Bertz CT molecular complexity index is 1100. The molecule has 0 aliphatic rings. The summed E-state index contributed by atoms with van der Waals surface area (Å²) >= 11 is 0. The molecule has 0 saturated heterocycles. The van der Waals surface area contributed by atoms with Gasteiger partial charge in [0, 0.05) is 24.2 Å². The summed E-state index contributed by atoms with van der Waals surface area (Å²) in [6.07, 6.45) is 9.09. The smallest absolute Gasteiger partial charge is 0.256 e. The molecule has 0 spiro atoms. The summed E-state index contributed by atoms with van der Waals surface area (Å²) in [4.78, 5) is 21.1. The van der Waals surface area contributed by atoms with Crippen LogP contribution in [0.3, 0.4) is 0 Å². The van der Waals surface area contributed by atoms with Gasteiger partial charge in [-0.05, 0) is 35.2 Å². The largest absolute Gasteiger partial charge is 0.305 e. The molecule has 0 saturated carbocycles. The van der Waals surface area contributed by atoms with Crippen molar-refractivity contribution in [3.63, 3.8) is 0 Å². The Morgan fingerprint density at radius 1 is 1.00 bits per heavy atom. The predicted molar refractivity (Wildman–Crippen MR) is 120 cm³/mol. The first-order valence-corrected chi connectivity index (χ1v) is 8.79. The highest BCUT2D eigenvalue weighted by molar-refractivity contribution is 6.03. The van der Waals surface area contributed by atoms with E-state index in [2.05, 4.69) is 36.1 Å². The van der Waals surface area contributed by atoms with Crippen molar-refractivity contribution >= 4 is 42.2 Å². The van der Waals surface area contributed by atoms with Gasteiger partial charge in [-0.25, -0.2) is 9.97 Å². The fourth-order valence-corrected chi connectivity index (χ4v) is 2.91. The van der Waals surface area contributed by atoms with E-state index in [-0.39, 0.29) is 36.1 Å². The van der Waals surface area contributed by atoms with Crippen molar-refractivity contribution < 1.29 is 4.79 Å². The van der Waals surface area contributed by atoms with Crippen LogP contribution >= 0.6 is 24.8 Å². The fraction of sp³-hybridized carbons (Fsp3) is 0.190. The minimum absolute atomic E-state index is 0. The monoisotopic (exact) mass is 431 g/mol. The number of hydrogen-bond acceptors (Lipinski definition) is 3. The number of aromatic nitrogens is 4. The first-order chi connectivity index (χ1) is 12.9. The lowest BCUT2D eigenvalue weighted by molar-refractivity contribution is 0.102. The van der Waals surface area contributed by atoms with Crippen LogP contribution in [0.5, 0.6) is 0 Å². The fourth-order valence-electron chi connectivity index (χ4n) is 2.91. The van der Waals surface area contributed by atoms with Gasteiger partial charge in [0.2, 0.25) is 0 Å². The summed E-state index contributed by atoms with van der Waals surface area (Å²) in [6.45, 7) is 6.45. The third-order valence-corrected chi connectivity index (χ3v) is 4.49. The lowest BCUT2D eigenvalue weighted by atomic mass is 9.87. The van der Waals surface area contributed by atoms with Crippen molar-refractivity contribution in [3.05, 3.63) is 78.6 Å². The Labute approximate surface area is 181 Å². The summed E-state index contributed by atoms with van der Waals surface area (Å²) in [6, 6.07) is 11.6. The molecule has 0 unspecified atom stereocenters. The summed E-state index contributed by atoms with van der Waals surface area (Å²) in [5.74, 6) is 0.344. The average molecular weight is 432 g/mol. The molecule has 3 aromatic heterocycles. The van der Waals surface area contributed by atoms with Crippen molar-refractivity contribution in [2.45, 2.75) is 26.2 Å². The number of hydrogen-bond donors (Lipinski definition) is 1. The van der Waals surface area contributed by atoms with Crippen LogP contribution in [0.25, 0.3) is 11.3 Å². The zero-order valence-electron chi connectivity index (χ0n) is 16.4. The molecule has 0 bridgehead atoms. The molecule has 0 radical (unpaired) electrons. The highest BCUT2D eigenvalue weighted by atomic mass is 35.5. The van der Waals surface area contributed by atoms with Crippen molar-refractivity contribution in [2.75, 3.05) is 5.32 Å². The summed E-state index contributed by atoms with van der Waals surface area (Å²) in [7, 11) is 0. The van der Waals surface area contributed by atoms with E-state index in [4.69, 9.17) is 0 Å². The molecular weight excluding hydrogens is 409 g/mol. The van der Waals surface area contributed by atoms with Crippen molar-refractivity contribution in [1.29, 1.82) is 0 Å². The number of carbonyl (C=O) groups excluding carboxylic acids is 1. The second kappa shape index (κ2) is 8.68. The Balaban J connectivity index is 0.00000150. The van der Waals surface area contributed by atoms with Gasteiger partial charge in [-0.3, -0.25) is 4.79 Å². The van der Waals surface area contributed by atoms with Crippen LogP contribution in [-0.4, -0.2) is 24.8 Å². The highest BCUT2D eigenvalue weighted by Gasteiger charge is 2.15. The van der Waals surface area contributed by atoms with Crippen LogP contribution in [0.4, 0.5) is 5.82 Å². The topological polar surface area (TPSA) is 64.2 Å². The third kappa shape index (κ3) is 4.78. The molecule has 1 aromatic carbocycles. The van der Waals surface area contributed by atoms with Gasteiger partial charge in [0.25, 0.3) is 5.91 Å². The zero-order valence-corrected chi connectivity index (χ0v) is 18.0. The van der Waals surface area contributed by atoms with Crippen LogP contribution in [0.1, 0.15) is 36.7 Å². The van der Waals surface area contributed by atoms with Gasteiger partial charge < -0.3 is 14.3 Å². The molecule has 1 amide bonds. The summed E-state index contributed by atoms with van der Waals surface area (Å²) in [5, 5.41) is 2.87. The van der Waals surface area contributed by atoms with Gasteiger partial charge in [-0.2, -0.15) is 0 Å². The first-order valence-electron chi connectivity index (χ1n) is 8.79. The number of fused-ring (bicyclic) bond motifs is 1. The molecule has 0 fully saturated rings. The summed E-state index contributed by atoms with van der Waals surface area (Å²) < 4.78 is 3.79. The predicted octanol–water partition coefficient (Wildman–Crippen LogP) is 4.91. The van der Waals surface area contributed by atoms with Crippen LogP contribution in [-0.2, 0) is 5.41 Å². The first kappa shape index (κ1) is 22.5. The Kier molecular flexibility index (Phi) is 6.72. The number of carbonyl (C=O) groups is 1. The van der Waals surface area contributed by atoms with Gasteiger partial charge in [-0.1, -0.05) is 32.9 Å². The van der Waals surface area contributed by atoms with Crippen LogP contribution in [0, 0.1) is 0 Å². The molecule has 0 atom stereocenters. The molecular formula is C21H23Cl2N5O. The van der Waals surface area contributed by atoms with E-state index in [0.717, 1.165) is 11.3 Å². The van der Waals surface area contributed by atoms with Crippen LogP contribution in [0.2, 0.25) is 0 Å². The van der Waals surface area contributed by atoms with Gasteiger partial charge in [0.15, 0.2) is 5.82 Å². The average Bonchev–Trinajstić information content (AvgIpc) is 3.29. The zero-order chi connectivity index (χ0) is 19.0. The number of nitrogens with zero attached hydrogens (tertiary/aromatic N) is 4. The quantitative estimate of drug-likeness (QED) is 0.500. The molecule has 29 heavy (non-hydrogen) atoms. The van der Waals surface area contributed by atoms with Crippen molar-refractivity contribution in [1.82, 2.24) is 18.9 Å².